The van der Waals surface area contributed by atoms with Crippen molar-refractivity contribution in [1.82, 2.24) is 35.1 Å². The quantitative estimate of drug-likeness (QED) is 0.288. The van der Waals surface area contributed by atoms with Crippen LogP contribution in [0.2, 0.25) is 0 Å². The molecule has 2 aromatic heterocycles. The summed E-state index contributed by atoms with van der Waals surface area (Å²) in [5, 5.41) is 19.2. The van der Waals surface area contributed by atoms with Crippen molar-refractivity contribution >= 4 is 22.3 Å². The Morgan fingerprint density at radius 3 is 2.55 bits per heavy atom. The minimum absolute atomic E-state index is 0.192. The van der Waals surface area contributed by atoms with Crippen molar-refractivity contribution in [1.29, 1.82) is 0 Å². The molecule has 42 heavy (non-hydrogen) atoms. The fraction of sp³-hybridized carbons (Fsp3) is 0.531. The molecule has 0 radical (unpaired) electrons. The molecule has 1 saturated carbocycles. The zero-order valence-electron chi connectivity index (χ0n) is 25.8. The van der Waals surface area contributed by atoms with Gasteiger partial charge in [-0.05, 0) is 82.8 Å². The Balaban J connectivity index is 1.30. The topological polar surface area (TPSA) is 97.1 Å². The zero-order valence-corrected chi connectivity index (χ0v) is 25.8. The Morgan fingerprint density at radius 1 is 1.07 bits per heavy atom. The van der Waals surface area contributed by atoms with Gasteiger partial charge in [0.25, 0.3) is 0 Å². The van der Waals surface area contributed by atoms with Crippen LogP contribution in [0.25, 0.3) is 10.8 Å². The van der Waals surface area contributed by atoms with E-state index in [4.69, 9.17) is 14.7 Å². The molecule has 2 aromatic carbocycles. The van der Waals surface area contributed by atoms with Crippen LogP contribution in [-0.2, 0) is 31.5 Å². The van der Waals surface area contributed by atoms with Gasteiger partial charge < -0.3 is 19.9 Å². The van der Waals surface area contributed by atoms with E-state index in [1.54, 1.807) is 4.80 Å². The minimum Gasteiger partial charge on any atom is -0.463 e. The van der Waals surface area contributed by atoms with E-state index in [1.807, 2.05) is 0 Å². The van der Waals surface area contributed by atoms with Crippen LogP contribution in [0.5, 0.6) is 6.01 Å². The molecule has 0 atom stereocenters. The molecule has 6 rings (SSSR count). The number of aryl methyl sites for hydroxylation is 1. The molecule has 1 fully saturated rings. The first-order chi connectivity index (χ1) is 20.1. The highest BCUT2D eigenvalue weighted by Gasteiger charge is 2.44. The number of tetrazole rings is 1. The summed E-state index contributed by atoms with van der Waals surface area (Å²) < 4.78 is 6.33. The molecular weight excluding hydrogens is 526 g/mol. The summed E-state index contributed by atoms with van der Waals surface area (Å²) in [6, 6.07) is 13.6. The molecule has 4 aromatic rings. The molecular formula is C32H43N9O. The SMILES string of the molecule is CCc1cccc2cccc(N3CCc4c(nc(OCC5(CN(C)C)CC5)nc4NCc4nnn(C(C)(C)C)n4)C3)c12. The number of aromatic nitrogens is 6. The molecule has 10 nitrogen and oxygen atoms in total. The molecule has 2 aliphatic rings. The number of hydrogen-bond donors (Lipinski definition) is 1. The maximum Gasteiger partial charge on any atom is 0.318 e. The predicted molar refractivity (Wildman–Crippen MR) is 166 cm³/mol. The van der Waals surface area contributed by atoms with Gasteiger partial charge in [0.05, 0.1) is 30.9 Å². The highest BCUT2D eigenvalue weighted by atomic mass is 16.5. The van der Waals surface area contributed by atoms with Crippen LogP contribution in [0, 0.1) is 5.41 Å². The lowest BCUT2D eigenvalue weighted by Gasteiger charge is -2.32. The summed E-state index contributed by atoms with van der Waals surface area (Å²) in [6.07, 6.45) is 4.17. The zero-order chi connectivity index (χ0) is 29.5. The smallest absolute Gasteiger partial charge is 0.318 e. The number of nitrogens with one attached hydrogen (secondary N) is 1. The average molecular weight is 570 g/mol. The van der Waals surface area contributed by atoms with E-state index in [1.165, 1.54) is 34.9 Å². The molecule has 222 valence electrons. The van der Waals surface area contributed by atoms with Crippen LogP contribution >= 0.6 is 0 Å². The Labute approximate surface area is 248 Å². The van der Waals surface area contributed by atoms with Crippen LogP contribution in [0.3, 0.4) is 0 Å². The van der Waals surface area contributed by atoms with Gasteiger partial charge in [-0.1, -0.05) is 37.3 Å². The number of benzene rings is 2. The number of rotatable bonds is 10. The van der Waals surface area contributed by atoms with E-state index >= 15 is 0 Å². The summed E-state index contributed by atoms with van der Waals surface area (Å²) in [7, 11) is 4.24. The standard InChI is InChI=1S/C32H43N9O/c1-7-22-10-8-11-23-12-9-13-26(28(22)23)40-17-14-24-25(19-40)34-30(42-21-32(15-16-32)20-39(5)6)35-29(24)33-18-27-36-38-41(37-27)31(2,3)4/h8-13H,7,14-21H2,1-6H3,(H,33,34,35). The number of fused-ring (bicyclic) bond motifs is 2. The monoisotopic (exact) mass is 569 g/mol. The predicted octanol–water partition coefficient (Wildman–Crippen LogP) is 4.83. The molecule has 3 heterocycles. The van der Waals surface area contributed by atoms with Crippen molar-refractivity contribution in [3.8, 4) is 6.01 Å². The van der Waals surface area contributed by atoms with Gasteiger partial charge in [-0.3, -0.25) is 0 Å². The lowest BCUT2D eigenvalue weighted by molar-refractivity contribution is 0.182. The van der Waals surface area contributed by atoms with Crippen molar-refractivity contribution in [3.63, 3.8) is 0 Å². The van der Waals surface area contributed by atoms with Gasteiger partial charge in [0.2, 0.25) is 0 Å². The lowest BCUT2D eigenvalue weighted by atomic mass is 9.98. The van der Waals surface area contributed by atoms with Gasteiger partial charge in [-0.15, -0.1) is 10.2 Å². The number of anilines is 2. The van der Waals surface area contributed by atoms with E-state index in [-0.39, 0.29) is 11.0 Å². The van der Waals surface area contributed by atoms with Gasteiger partial charge >= 0.3 is 6.01 Å². The lowest BCUT2D eigenvalue weighted by Crippen LogP contribution is -2.33. The van der Waals surface area contributed by atoms with Gasteiger partial charge in [-0.25, -0.2) is 0 Å². The number of hydrogen-bond acceptors (Lipinski definition) is 9. The molecule has 0 unspecified atom stereocenters. The van der Waals surface area contributed by atoms with Crippen molar-refractivity contribution in [2.24, 2.45) is 5.41 Å². The van der Waals surface area contributed by atoms with Crippen molar-refractivity contribution in [3.05, 3.63) is 59.0 Å². The third-order valence-electron chi connectivity index (χ3n) is 8.32. The molecule has 10 heteroatoms. The Hall–Kier alpha value is -3.79. The van der Waals surface area contributed by atoms with Crippen molar-refractivity contribution in [2.45, 2.75) is 72.0 Å². The van der Waals surface area contributed by atoms with Gasteiger partial charge in [0.15, 0.2) is 5.82 Å². The Bertz CT molecular complexity index is 1560. The van der Waals surface area contributed by atoms with Gasteiger partial charge in [0.1, 0.15) is 5.82 Å². The van der Waals surface area contributed by atoms with Crippen LogP contribution in [0.15, 0.2) is 36.4 Å². The van der Waals surface area contributed by atoms with E-state index < -0.39 is 0 Å². The number of ether oxygens (including phenoxy) is 1. The second-order valence-corrected chi connectivity index (χ2v) is 13.1. The molecule has 1 aliphatic carbocycles. The van der Waals surface area contributed by atoms with E-state index in [2.05, 4.69) is 109 Å². The molecule has 0 bridgehead atoms. The molecule has 0 spiro atoms. The fourth-order valence-electron chi connectivity index (χ4n) is 5.95. The first-order valence-electron chi connectivity index (χ1n) is 15.1. The van der Waals surface area contributed by atoms with E-state index in [9.17, 15) is 0 Å². The third kappa shape index (κ3) is 5.90. The summed E-state index contributed by atoms with van der Waals surface area (Å²) in [5.41, 5.74) is 4.73. The minimum atomic E-state index is -0.228. The Kier molecular flexibility index (Phi) is 7.51. The molecule has 1 aliphatic heterocycles. The summed E-state index contributed by atoms with van der Waals surface area (Å²) in [6.45, 7) is 12.0. The molecule has 1 N–H and O–H groups in total. The Morgan fingerprint density at radius 2 is 1.86 bits per heavy atom. The van der Waals surface area contributed by atoms with Crippen molar-refractivity contribution < 1.29 is 4.74 Å². The van der Waals surface area contributed by atoms with Gasteiger partial charge in [0, 0.05) is 35.1 Å². The number of nitrogens with zero attached hydrogens (tertiary/aromatic N) is 8. The largest absolute Gasteiger partial charge is 0.463 e. The van der Waals surface area contributed by atoms with Crippen LogP contribution in [0.1, 0.15) is 63.2 Å². The van der Waals surface area contributed by atoms with Crippen molar-refractivity contribution in [2.75, 3.05) is 44.0 Å². The average Bonchev–Trinajstić information content (AvgIpc) is 3.54. The highest BCUT2D eigenvalue weighted by molar-refractivity contribution is 5.97. The van der Waals surface area contributed by atoms with Gasteiger partial charge in [-0.2, -0.15) is 14.8 Å². The maximum absolute atomic E-state index is 6.33. The van der Waals surface area contributed by atoms with Crippen LogP contribution in [-0.4, -0.2) is 68.9 Å². The first-order valence-corrected chi connectivity index (χ1v) is 15.1. The molecule has 0 saturated heterocycles. The normalized spacial score (nSPS) is 16.1. The maximum atomic E-state index is 6.33. The highest BCUT2D eigenvalue weighted by Crippen LogP contribution is 2.46. The second-order valence-electron chi connectivity index (χ2n) is 13.1. The van der Waals surface area contributed by atoms with Crippen LogP contribution < -0.4 is 15.0 Å². The fourth-order valence-corrected chi connectivity index (χ4v) is 5.95. The first kappa shape index (κ1) is 28.3. The third-order valence-corrected chi connectivity index (χ3v) is 8.32. The molecule has 0 amide bonds. The summed E-state index contributed by atoms with van der Waals surface area (Å²) in [4.78, 5) is 16.2. The van der Waals surface area contributed by atoms with Crippen LogP contribution in [0.4, 0.5) is 11.5 Å². The summed E-state index contributed by atoms with van der Waals surface area (Å²) in [5.74, 6) is 1.43. The van der Waals surface area contributed by atoms with E-state index in [0.717, 1.165) is 43.0 Å². The second kappa shape index (κ2) is 11.1. The van der Waals surface area contributed by atoms with E-state index in [0.29, 0.717) is 31.5 Å². The summed E-state index contributed by atoms with van der Waals surface area (Å²) >= 11 is 0.